The number of rotatable bonds is 0. The quantitative estimate of drug-likeness (QED) is 0.553. The summed E-state index contributed by atoms with van der Waals surface area (Å²) in [6, 6.07) is 0. The SMILES string of the molecule is CC1=C2C=CN=C3N=CN=C(N=C1)N32. The Bertz CT molecular complexity index is 467. The molecule has 0 saturated heterocycles. The van der Waals surface area contributed by atoms with Crippen LogP contribution < -0.4 is 0 Å². The van der Waals surface area contributed by atoms with Gasteiger partial charge >= 0.3 is 0 Å². The Morgan fingerprint density at radius 3 is 2.93 bits per heavy atom. The monoisotopic (exact) mass is 185 g/mol. The van der Waals surface area contributed by atoms with Crippen LogP contribution in [-0.2, 0) is 0 Å². The van der Waals surface area contributed by atoms with Crippen LogP contribution in [0.3, 0.4) is 0 Å². The second-order valence-corrected chi connectivity index (χ2v) is 3.08. The zero-order valence-electron chi connectivity index (χ0n) is 7.55. The minimum absolute atomic E-state index is 0.628. The smallest absolute Gasteiger partial charge is 0.238 e. The van der Waals surface area contributed by atoms with Crippen molar-refractivity contribution in [2.45, 2.75) is 6.92 Å². The van der Waals surface area contributed by atoms with Crippen molar-refractivity contribution in [2.75, 3.05) is 0 Å². The molecule has 14 heavy (non-hydrogen) atoms. The fourth-order valence-corrected chi connectivity index (χ4v) is 1.51. The molecule has 68 valence electrons. The summed E-state index contributed by atoms with van der Waals surface area (Å²) in [6.45, 7) is 2.00. The highest BCUT2D eigenvalue weighted by Gasteiger charge is 2.27. The highest BCUT2D eigenvalue weighted by molar-refractivity contribution is 6.14. The van der Waals surface area contributed by atoms with Gasteiger partial charge in [0.1, 0.15) is 6.34 Å². The molecule has 5 heteroatoms. The minimum Gasteiger partial charge on any atom is -0.246 e. The molecule has 5 nitrogen and oxygen atoms in total. The van der Waals surface area contributed by atoms with Crippen molar-refractivity contribution in [1.29, 1.82) is 0 Å². The predicted molar refractivity (Wildman–Crippen MR) is 55.5 cm³/mol. The molecule has 0 amide bonds. The van der Waals surface area contributed by atoms with Crippen molar-refractivity contribution in [3.63, 3.8) is 0 Å². The molecule has 0 radical (unpaired) electrons. The normalized spacial score (nSPS) is 22.2. The Balaban J connectivity index is 2.25. The summed E-state index contributed by atoms with van der Waals surface area (Å²) in [5, 5.41) is 0. The summed E-state index contributed by atoms with van der Waals surface area (Å²) >= 11 is 0. The third-order valence-corrected chi connectivity index (χ3v) is 2.19. The summed E-state index contributed by atoms with van der Waals surface area (Å²) in [4.78, 5) is 18.3. The van der Waals surface area contributed by atoms with Gasteiger partial charge in [-0.25, -0.2) is 24.9 Å². The number of hydrogen-bond acceptors (Lipinski definition) is 5. The van der Waals surface area contributed by atoms with Gasteiger partial charge in [-0.15, -0.1) is 0 Å². The van der Waals surface area contributed by atoms with E-state index < -0.39 is 0 Å². The molecule has 0 saturated carbocycles. The summed E-state index contributed by atoms with van der Waals surface area (Å²) in [6.07, 6.45) is 6.95. The third-order valence-electron chi connectivity index (χ3n) is 2.19. The fraction of sp³-hybridized carbons (Fsp3) is 0.111. The van der Waals surface area contributed by atoms with Crippen molar-refractivity contribution < 1.29 is 0 Å². The lowest BCUT2D eigenvalue weighted by Gasteiger charge is -2.29. The number of allylic oxidation sites excluding steroid dienone is 2. The molecule has 0 unspecified atom stereocenters. The topological polar surface area (TPSA) is 52.7 Å². The zero-order valence-corrected chi connectivity index (χ0v) is 7.55. The molecule has 0 aromatic rings. The van der Waals surface area contributed by atoms with Crippen LogP contribution in [-0.4, -0.2) is 29.4 Å². The Morgan fingerprint density at radius 1 is 1.14 bits per heavy atom. The molecule has 0 bridgehead atoms. The van der Waals surface area contributed by atoms with Gasteiger partial charge in [-0.3, -0.25) is 0 Å². The Hall–Kier alpha value is -2.04. The Labute approximate surface area is 80.6 Å². The van der Waals surface area contributed by atoms with Gasteiger partial charge in [0.05, 0.1) is 5.70 Å². The molecule has 3 aliphatic heterocycles. The number of aliphatic imine (C=N–C) groups is 4. The van der Waals surface area contributed by atoms with Crippen LogP contribution in [0.5, 0.6) is 0 Å². The number of guanidine groups is 2. The Morgan fingerprint density at radius 2 is 2.00 bits per heavy atom. The van der Waals surface area contributed by atoms with Gasteiger partial charge in [-0.1, -0.05) is 0 Å². The molecular formula is C9H7N5. The van der Waals surface area contributed by atoms with Gasteiger partial charge in [-0.05, 0) is 18.6 Å². The molecule has 0 atom stereocenters. The van der Waals surface area contributed by atoms with E-state index in [0.29, 0.717) is 11.9 Å². The first kappa shape index (κ1) is 7.37. The van der Waals surface area contributed by atoms with Crippen molar-refractivity contribution in [3.8, 4) is 0 Å². The van der Waals surface area contributed by atoms with E-state index in [1.54, 1.807) is 12.4 Å². The maximum Gasteiger partial charge on any atom is 0.238 e. The molecule has 0 aromatic carbocycles. The van der Waals surface area contributed by atoms with Crippen molar-refractivity contribution in [3.05, 3.63) is 23.5 Å². The average molecular weight is 185 g/mol. The molecule has 0 aliphatic carbocycles. The number of hydrogen-bond donors (Lipinski definition) is 0. The highest BCUT2D eigenvalue weighted by Crippen LogP contribution is 2.22. The van der Waals surface area contributed by atoms with E-state index in [4.69, 9.17) is 0 Å². The van der Waals surface area contributed by atoms with Crippen LogP contribution in [0.4, 0.5) is 0 Å². The molecule has 0 aromatic heterocycles. The predicted octanol–water partition coefficient (Wildman–Crippen LogP) is 0.928. The summed E-state index contributed by atoms with van der Waals surface area (Å²) < 4.78 is 0. The van der Waals surface area contributed by atoms with Gasteiger partial charge in [0.25, 0.3) is 0 Å². The van der Waals surface area contributed by atoms with Crippen LogP contribution in [0.15, 0.2) is 43.5 Å². The average Bonchev–Trinajstić information content (AvgIpc) is 2.24. The van der Waals surface area contributed by atoms with Gasteiger partial charge in [0.2, 0.25) is 11.9 Å². The fourth-order valence-electron chi connectivity index (χ4n) is 1.51. The van der Waals surface area contributed by atoms with Crippen LogP contribution in [0, 0.1) is 0 Å². The first-order valence-electron chi connectivity index (χ1n) is 4.26. The van der Waals surface area contributed by atoms with Crippen LogP contribution in [0.2, 0.25) is 0 Å². The van der Waals surface area contributed by atoms with E-state index in [1.807, 2.05) is 17.9 Å². The van der Waals surface area contributed by atoms with E-state index in [0.717, 1.165) is 11.3 Å². The zero-order chi connectivity index (χ0) is 9.54. The Kier molecular flexibility index (Phi) is 1.30. The van der Waals surface area contributed by atoms with Crippen LogP contribution in [0.1, 0.15) is 6.92 Å². The molecule has 3 rings (SSSR count). The minimum atomic E-state index is 0.628. The van der Waals surface area contributed by atoms with E-state index in [9.17, 15) is 0 Å². The maximum atomic E-state index is 4.20. The van der Waals surface area contributed by atoms with Gasteiger partial charge < -0.3 is 0 Å². The lowest BCUT2D eigenvalue weighted by Crippen LogP contribution is -2.39. The molecule has 0 fully saturated rings. The summed E-state index contributed by atoms with van der Waals surface area (Å²) in [5.74, 6) is 1.26. The third kappa shape index (κ3) is 0.834. The largest absolute Gasteiger partial charge is 0.246 e. The van der Waals surface area contributed by atoms with E-state index in [-0.39, 0.29) is 0 Å². The first-order valence-corrected chi connectivity index (χ1v) is 4.26. The summed E-state index contributed by atoms with van der Waals surface area (Å²) in [7, 11) is 0. The molecule has 0 spiro atoms. The molecule has 3 aliphatic rings. The van der Waals surface area contributed by atoms with Crippen molar-refractivity contribution in [2.24, 2.45) is 20.0 Å². The molecule has 0 N–H and O–H groups in total. The first-order chi connectivity index (χ1) is 6.86. The van der Waals surface area contributed by atoms with Crippen LogP contribution >= 0.6 is 0 Å². The lowest BCUT2D eigenvalue weighted by molar-refractivity contribution is 0.728. The molecular weight excluding hydrogens is 178 g/mol. The van der Waals surface area contributed by atoms with Gasteiger partial charge in [0, 0.05) is 12.4 Å². The van der Waals surface area contributed by atoms with E-state index in [2.05, 4.69) is 20.0 Å². The maximum absolute atomic E-state index is 4.20. The number of nitrogens with zero attached hydrogens (tertiary/aromatic N) is 5. The van der Waals surface area contributed by atoms with Gasteiger partial charge in [-0.2, -0.15) is 0 Å². The van der Waals surface area contributed by atoms with Crippen molar-refractivity contribution >= 4 is 24.5 Å². The lowest BCUT2D eigenvalue weighted by atomic mass is 10.2. The van der Waals surface area contributed by atoms with Gasteiger partial charge in [0.15, 0.2) is 0 Å². The summed E-state index contributed by atoms with van der Waals surface area (Å²) in [5.41, 5.74) is 2.13. The highest BCUT2D eigenvalue weighted by atomic mass is 15.4. The van der Waals surface area contributed by atoms with E-state index in [1.165, 1.54) is 6.34 Å². The molecule has 3 heterocycles. The van der Waals surface area contributed by atoms with E-state index >= 15 is 0 Å². The standard InChI is InChI=1S/C9H7N5/c1-6-4-11-9-13-5-12-8-10-3-2-7(6)14(8)9/h2-5H,1H3. The second-order valence-electron chi connectivity index (χ2n) is 3.08. The van der Waals surface area contributed by atoms with Crippen molar-refractivity contribution in [1.82, 2.24) is 4.90 Å². The van der Waals surface area contributed by atoms with Crippen LogP contribution in [0.25, 0.3) is 0 Å². The second kappa shape index (κ2) is 2.47.